The molecule has 0 amide bonds. The summed E-state index contributed by atoms with van der Waals surface area (Å²) in [6, 6.07) is 5.95. The normalized spacial score (nSPS) is 13.7. The SMILES string of the molecule is CC(NCCCC(F)(F)F)c1ccccc1F. The van der Waals surface area contributed by atoms with Gasteiger partial charge >= 0.3 is 6.18 Å². The monoisotopic (exact) mass is 249 g/mol. The van der Waals surface area contributed by atoms with Gasteiger partial charge in [0, 0.05) is 18.0 Å². The molecule has 1 nitrogen and oxygen atoms in total. The first kappa shape index (κ1) is 14.0. The minimum Gasteiger partial charge on any atom is -0.310 e. The van der Waals surface area contributed by atoms with Crippen LogP contribution in [-0.2, 0) is 0 Å². The number of benzene rings is 1. The van der Waals surface area contributed by atoms with Gasteiger partial charge in [0.15, 0.2) is 0 Å². The minimum absolute atomic E-state index is 0.00227. The van der Waals surface area contributed by atoms with Crippen LogP contribution in [0.1, 0.15) is 31.4 Å². The second-order valence-corrected chi connectivity index (χ2v) is 3.92. The highest BCUT2D eigenvalue weighted by Crippen LogP contribution is 2.21. The van der Waals surface area contributed by atoms with Gasteiger partial charge in [-0.25, -0.2) is 4.39 Å². The maximum Gasteiger partial charge on any atom is 0.389 e. The summed E-state index contributed by atoms with van der Waals surface area (Å²) < 4.78 is 49.0. The molecule has 1 rings (SSSR count). The lowest BCUT2D eigenvalue weighted by molar-refractivity contribution is -0.135. The van der Waals surface area contributed by atoms with Crippen LogP contribution in [0, 0.1) is 5.82 Å². The first-order valence-corrected chi connectivity index (χ1v) is 5.45. The van der Waals surface area contributed by atoms with Crippen LogP contribution in [0.15, 0.2) is 24.3 Å². The Morgan fingerprint density at radius 3 is 2.47 bits per heavy atom. The van der Waals surface area contributed by atoms with Crippen LogP contribution in [-0.4, -0.2) is 12.7 Å². The number of hydrogen-bond acceptors (Lipinski definition) is 1. The summed E-state index contributed by atoms with van der Waals surface area (Å²) in [4.78, 5) is 0. The number of nitrogens with one attached hydrogen (secondary N) is 1. The molecule has 0 heterocycles. The Hall–Kier alpha value is -1.10. The predicted molar refractivity (Wildman–Crippen MR) is 58.1 cm³/mol. The molecule has 1 unspecified atom stereocenters. The van der Waals surface area contributed by atoms with E-state index in [9.17, 15) is 17.6 Å². The van der Waals surface area contributed by atoms with Crippen LogP contribution in [0.3, 0.4) is 0 Å². The third-order valence-electron chi connectivity index (χ3n) is 2.46. The second-order valence-electron chi connectivity index (χ2n) is 3.92. The molecule has 17 heavy (non-hydrogen) atoms. The molecule has 0 saturated heterocycles. The van der Waals surface area contributed by atoms with Crippen LogP contribution in [0.2, 0.25) is 0 Å². The van der Waals surface area contributed by atoms with Crippen molar-refractivity contribution in [3.05, 3.63) is 35.6 Å². The molecule has 0 fully saturated rings. The molecule has 0 aromatic heterocycles. The Kier molecular flexibility index (Phi) is 4.93. The van der Waals surface area contributed by atoms with Crippen molar-refractivity contribution in [2.24, 2.45) is 0 Å². The molecule has 1 aromatic rings. The standard InChI is InChI=1S/C12H15F4N/c1-9(10-5-2-3-6-11(10)13)17-8-4-7-12(14,15)16/h2-3,5-6,9,17H,4,7-8H2,1H3. The molecule has 96 valence electrons. The minimum atomic E-state index is -4.12. The van der Waals surface area contributed by atoms with E-state index >= 15 is 0 Å². The van der Waals surface area contributed by atoms with Gasteiger partial charge in [0.1, 0.15) is 5.82 Å². The van der Waals surface area contributed by atoms with Crippen LogP contribution < -0.4 is 5.32 Å². The van der Waals surface area contributed by atoms with Gasteiger partial charge < -0.3 is 5.32 Å². The summed E-state index contributed by atoms with van der Waals surface area (Å²) in [5, 5.41) is 2.87. The van der Waals surface area contributed by atoms with E-state index in [0.29, 0.717) is 5.56 Å². The molecule has 0 radical (unpaired) electrons. The highest BCUT2D eigenvalue weighted by Gasteiger charge is 2.25. The van der Waals surface area contributed by atoms with Gasteiger partial charge in [0.2, 0.25) is 0 Å². The topological polar surface area (TPSA) is 12.0 Å². The molecular formula is C12H15F4N. The average molecular weight is 249 g/mol. The van der Waals surface area contributed by atoms with E-state index in [1.54, 1.807) is 25.1 Å². The maximum absolute atomic E-state index is 13.3. The van der Waals surface area contributed by atoms with Crippen molar-refractivity contribution < 1.29 is 17.6 Å². The van der Waals surface area contributed by atoms with E-state index in [2.05, 4.69) is 5.32 Å². The summed E-state index contributed by atoms with van der Waals surface area (Å²) in [5.41, 5.74) is 0.472. The van der Waals surface area contributed by atoms with E-state index in [-0.39, 0.29) is 24.8 Å². The van der Waals surface area contributed by atoms with Crippen LogP contribution in [0.4, 0.5) is 17.6 Å². The lowest BCUT2D eigenvalue weighted by atomic mass is 10.1. The maximum atomic E-state index is 13.3. The summed E-state index contributed by atoms with van der Waals surface area (Å²) in [5.74, 6) is -0.344. The van der Waals surface area contributed by atoms with Crippen molar-refractivity contribution in [2.45, 2.75) is 32.0 Å². The molecule has 0 aliphatic carbocycles. The Bertz CT molecular complexity index is 349. The van der Waals surface area contributed by atoms with Crippen molar-refractivity contribution >= 4 is 0 Å². The lowest BCUT2D eigenvalue weighted by Gasteiger charge is -2.15. The number of hydrogen-bond donors (Lipinski definition) is 1. The van der Waals surface area contributed by atoms with E-state index in [4.69, 9.17) is 0 Å². The van der Waals surface area contributed by atoms with Crippen molar-refractivity contribution in [3.8, 4) is 0 Å². The smallest absolute Gasteiger partial charge is 0.310 e. The van der Waals surface area contributed by atoms with Crippen molar-refractivity contribution in [3.63, 3.8) is 0 Å². The number of rotatable bonds is 5. The molecule has 0 spiro atoms. The van der Waals surface area contributed by atoms with Crippen LogP contribution in [0.25, 0.3) is 0 Å². The van der Waals surface area contributed by atoms with E-state index in [0.717, 1.165) is 0 Å². The quantitative estimate of drug-likeness (QED) is 0.618. The van der Waals surface area contributed by atoms with Crippen LogP contribution in [0.5, 0.6) is 0 Å². The molecule has 5 heteroatoms. The fourth-order valence-electron chi connectivity index (χ4n) is 1.54. The highest BCUT2D eigenvalue weighted by molar-refractivity contribution is 5.20. The molecule has 1 atom stereocenters. The number of alkyl halides is 3. The third kappa shape index (κ3) is 5.17. The first-order valence-electron chi connectivity index (χ1n) is 5.45. The summed E-state index contributed by atoms with van der Waals surface area (Å²) >= 11 is 0. The van der Waals surface area contributed by atoms with Gasteiger partial charge in [-0.1, -0.05) is 18.2 Å². The summed E-state index contributed by atoms with van der Waals surface area (Å²) in [7, 11) is 0. The summed E-state index contributed by atoms with van der Waals surface area (Å²) in [6.45, 7) is 1.95. The van der Waals surface area contributed by atoms with Gasteiger partial charge in [0.25, 0.3) is 0 Å². The molecule has 0 bridgehead atoms. The molecule has 0 saturated carbocycles. The van der Waals surface area contributed by atoms with Gasteiger partial charge in [-0.2, -0.15) is 13.2 Å². The Morgan fingerprint density at radius 1 is 1.24 bits per heavy atom. The lowest BCUT2D eigenvalue weighted by Crippen LogP contribution is -2.22. The zero-order valence-electron chi connectivity index (χ0n) is 9.52. The zero-order chi connectivity index (χ0) is 12.9. The van der Waals surface area contributed by atoms with Crippen molar-refractivity contribution in [1.29, 1.82) is 0 Å². The van der Waals surface area contributed by atoms with Gasteiger partial charge in [-0.05, 0) is 26.0 Å². The van der Waals surface area contributed by atoms with E-state index in [1.165, 1.54) is 6.07 Å². The Balaban J connectivity index is 2.36. The van der Waals surface area contributed by atoms with Gasteiger partial charge in [0.05, 0.1) is 0 Å². The van der Waals surface area contributed by atoms with Crippen LogP contribution >= 0.6 is 0 Å². The van der Waals surface area contributed by atoms with Gasteiger partial charge in [-0.3, -0.25) is 0 Å². The molecule has 0 aliphatic heterocycles. The number of halogens is 4. The average Bonchev–Trinajstić information content (AvgIpc) is 2.23. The largest absolute Gasteiger partial charge is 0.389 e. The van der Waals surface area contributed by atoms with E-state index in [1.807, 2.05) is 0 Å². The Labute approximate surface area is 97.8 Å². The Morgan fingerprint density at radius 2 is 1.88 bits per heavy atom. The molecule has 1 N–H and O–H groups in total. The molecular weight excluding hydrogens is 234 g/mol. The zero-order valence-corrected chi connectivity index (χ0v) is 9.52. The fourth-order valence-corrected chi connectivity index (χ4v) is 1.54. The molecule has 0 aliphatic rings. The van der Waals surface area contributed by atoms with Crippen molar-refractivity contribution in [2.75, 3.05) is 6.54 Å². The highest BCUT2D eigenvalue weighted by atomic mass is 19.4. The van der Waals surface area contributed by atoms with Crippen molar-refractivity contribution in [1.82, 2.24) is 5.32 Å². The molecule has 1 aromatic carbocycles. The first-order chi connectivity index (χ1) is 7.90. The fraction of sp³-hybridized carbons (Fsp3) is 0.500. The van der Waals surface area contributed by atoms with E-state index < -0.39 is 12.6 Å². The second kappa shape index (κ2) is 6.00. The van der Waals surface area contributed by atoms with Gasteiger partial charge in [-0.15, -0.1) is 0 Å². The summed E-state index contributed by atoms with van der Waals surface area (Å²) in [6.07, 6.45) is -4.94. The third-order valence-corrected chi connectivity index (χ3v) is 2.46. The predicted octanol–water partition coefficient (Wildman–Crippen LogP) is 3.82.